The van der Waals surface area contributed by atoms with E-state index in [0.717, 1.165) is 29.4 Å². The van der Waals surface area contributed by atoms with Crippen molar-refractivity contribution in [2.75, 3.05) is 6.67 Å². The number of nitrogens with one attached hydrogen (secondary N) is 2. The Morgan fingerprint density at radius 2 is 2.25 bits per heavy atom. The van der Waals surface area contributed by atoms with Crippen molar-refractivity contribution in [2.45, 2.75) is 13.8 Å². The van der Waals surface area contributed by atoms with Crippen molar-refractivity contribution in [2.24, 2.45) is 0 Å². The second kappa shape index (κ2) is 2.59. The Kier molecular flexibility index (Phi) is 1.57. The summed E-state index contributed by atoms with van der Waals surface area (Å²) in [6, 6.07) is 2.04. The second-order valence-electron chi connectivity index (χ2n) is 2.94. The molecule has 12 heavy (non-hydrogen) atoms. The van der Waals surface area contributed by atoms with Gasteiger partial charge in [-0.25, -0.2) is 0 Å². The molecule has 3 heteroatoms. The molecule has 0 aromatic carbocycles. The van der Waals surface area contributed by atoms with Crippen LogP contribution in [0.25, 0.3) is 5.70 Å². The molecule has 0 amide bonds. The van der Waals surface area contributed by atoms with Crippen LogP contribution in [0.15, 0.2) is 16.7 Å². The highest BCUT2D eigenvalue weighted by molar-refractivity contribution is 5.66. The molecule has 1 aliphatic heterocycles. The first-order valence-corrected chi connectivity index (χ1v) is 4.02. The maximum absolute atomic E-state index is 5.42. The minimum absolute atomic E-state index is 0.805. The Labute approximate surface area is 71.5 Å². The molecule has 0 saturated carbocycles. The molecule has 0 saturated heterocycles. The van der Waals surface area contributed by atoms with E-state index in [1.807, 2.05) is 26.1 Å². The predicted octanol–water partition coefficient (Wildman–Crippen LogP) is 1.35. The average Bonchev–Trinajstić information content (AvgIpc) is 2.58. The number of hydrogen-bond acceptors (Lipinski definition) is 3. The van der Waals surface area contributed by atoms with Gasteiger partial charge in [0.15, 0.2) is 0 Å². The molecule has 1 aromatic rings. The van der Waals surface area contributed by atoms with Crippen molar-refractivity contribution >= 4 is 5.70 Å². The monoisotopic (exact) mass is 164 g/mol. The molecule has 2 N–H and O–H groups in total. The average molecular weight is 164 g/mol. The van der Waals surface area contributed by atoms with Gasteiger partial charge in [-0.05, 0) is 19.9 Å². The molecular weight excluding hydrogens is 152 g/mol. The van der Waals surface area contributed by atoms with Crippen LogP contribution < -0.4 is 10.6 Å². The molecular formula is C9H12N2O. The van der Waals surface area contributed by atoms with E-state index >= 15 is 0 Å². The van der Waals surface area contributed by atoms with Gasteiger partial charge in [0.25, 0.3) is 0 Å². The summed E-state index contributed by atoms with van der Waals surface area (Å²) in [7, 11) is 0. The van der Waals surface area contributed by atoms with Gasteiger partial charge in [-0.2, -0.15) is 0 Å². The molecule has 3 nitrogen and oxygen atoms in total. The Bertz CT molecular complexity index is 325. The summed E-state index contributed by atoms with van der Waals surface area (Å²) in [5.41, 5.74) is 2.27. The molecule has 1 aliphatic rings. The molecule has 0 bridgehead atoms. The van der Waals surface area contributed by atoms with Gasteiger partial charge in [0, 0.05) is 11.8 Å². The zero-order valence-corrected chi connectivity index (χ0v) is 7.27. The van der Waals surface area contributed by atoms with Crippen molar-refractivity contribution in [1.82, 2.24) is 10.6 Å². The highest BCUT2D eigenvalue weighted by atomic mass is 16.3. The van der Waals surface area contributed by atoms with E-state index in [2.05, 4.69) is 10.6 Å². The van der Waals surface area contributed by atoms with Crippen molar-refractivity contribution in [3.8, 4) is 0 Å². The lowest BCUT2D eigenvalue weighted by molar-refractivity contribution is 0.503. The fourth-order valence-electron chi connectivity index (χ4n) is 1.42. The lowest BCUT2D eigenvalue weighted by Crippen LogP contribution is -2.13. The number of rotatable bonds is 1. The van der Waals surface area contributed by atoms with Crippen LogP contribution in [0, 0.1) is 13.8 Å². The Morgan fingerprint density at radius 3 is 2.75 bits per heavy atom. The SMILES string of the molecule is Cc1cc(C2=CNCN2)c(C)o1. The number of aryl methyl sites for hydroxylation is 2. The van der Waals surface area contributed by atoms with Gasteiger partial charge in [0.05, 0.1) is 12.4 Å². The first-order valence-electron chi connectivity index (χ1n) is 4.02. The highest BCUT2D eigenvalue weighted by Crippen LogP contribution is 2.20. The van der Waals surface area contributed by atoms with Crippen LogP contribution >= 0.6 is 0 Å². The molecule has 64 valence electrons. The fraction of sp³-hybridized carbons (Fsp3) is 0.333. The lowest BCUT2D eigenvalue weighted by Gasteiger charge is -1.98. The molecule has 0 radical (unpaired) electrons. The van der Waals surface area contributed by atoms with E-state index in [4.69, 9.17) is 4.42 Å². The molecule has 2 rings (SSSR count). The van der Waals surface area contributed by atoms with E-state index in [1.165, 1.54) is 0 Å². The standard InChI is InChI=1S/C9H12N2O/c1-6-3-8(7(2)12-6)9-4-10-5-11-9/h3-4,10-11H,5H2,1-2H3. The minimum Gasteiger partial charge on any atom is -0.466 e. The molecule has 0 unspecified atom stereocenters. The predicted molar refractivity (Wildman–Crippen MR) is 47.3 cm³/mol. The summed E-state index contributed by atoms with van der Waals surface area (Å²) in [4.78, 5) is 0. The summed E-state index contributed by atoms with van der Waals surface area (Å²) >= 11 is 0. The van der Waals surface area contributed by atoms with Crippen LogP contribution in [-0.2, 0) is 0 Å². The normalized spacial score (nSPS) is 15.3. The topological polar surface area (TPSA) is 37.2 Å². The van der Waals surface area contributed by atoms with Crippen LogP contribution in [0.5, 0.6) is 0 Å². The Morgan fingerprint density at radius 1 is 1.42 bits per heavy atom. The van der Waals surface area contributed by atoms with Crippen LogP contribution in [-0.4, -0.2) is 6.67 Å². The van der Waals surface area contributed by atoms with Gasteiger partial charge < -0.3 is 15.1 Å². The zero-order chi connectivity index (χ0) is 8.55. The number of hydrogen-bond donors (Lipinski definition) is 2. The summed E-state index contributed by atoms with van der Waals surface area (Å²) in [6.45, 7) is 4.74. The summed E-state index contributed by atoms with van der Waals surface area (Å²) in [6.07, 6.45) is 1.97. The van der Waals surface area contributed by atoms with Crippen molar-refractivity contribution in [3.05, 3.63) is 29.4 Å². The largest absolute Gasteiger partial charge is 0.466 e. The van der Waals surface area contributed by atoms with Crippen LogP contribution in [0.1, 0.15) is 17.1 Å². The van der Waals surface area contributed by atoms with E-state index in [0.29, 0.717) is 0 Å². The zero-order valence-electron chi connectivity index (χ0n) is 7.27. The third kappa shape index (κ3) is 1.07. The van der Waals surface area contributed by atoms with E-state index in [1.54, 1.807) is 0 Å². The number of furan rings is 1. The third-order valence-electron chi connectivity index (χ3n) is 1.96. The van der Waals surface area contributed by atoms with Crippen LogP contribution in [0.4, 0.5) is 0 Å². The minimum atomic E-state index is 0.805. The molecule has 2 heterocycles. The third-order valence-corrected chi connectivity index (χ3v) is 1.96. The molecule has 0 spiro atoms. The van der Waals surface area contributed by atoms with Crippen LogP contribution in [0.2, 0.25) is 0 Å². The summed E-state index contributed by atoms with van der Waals surface area (Å²) in [5, 5.41) is 6.31. The first-order chi connectivity index (χ1) is 5.77. The van der Waals surface area contributed by atoms with E-state index in [-0.39, 0.29) is 0 Å². The first kappa shape index (κ1) is 7.28. The summed E-state index contributed by atoms with van der Waals surface area (Å²) in [5.74, 6) is 1.92. The lowest BCUT2D eigenvalue weighted by atomic mass is 10.2. The molecule has 0 atom stereocenters. The van der Waals surface area contributed by atoms with Crippen LogP contribution in [0.3, 0.4) is 0 Å². The Balaban J connectivity index is 2.38. The van der Waals surface area contributed by atoms with Gasteiger partial charge in [-0.1, -0.05) is 0 Å². The quantitative estimate of drug-likeness (QED) is 0.657. The van der Waals surface area contributed by atoms with Crippen molar-refractivity contribution in [3.63, 3.8) is 0 Å². The Hall–Kier alpha value is -1.38. The van der Waals surface area contributed by atoms with Gasteiger partial charge in [-0.15, -0.1) is 0 Å². The smallest absolute Gasteiger partial charge is 0.110 e. The van der Waals surface area contributed by atoms with Crippen molar-refractivity contribution in [1.29, 1.82) is 0 Å². The molecule has 0 aliphatic carbocycles. The summed E-state index contributed by atoms with van der Waals surface area (Å²) < 4.78 is 5.42. The van der Waals surface area contributed by atoms with Gasteiger partial charge >= 0.3 is 0 Å². The highest BCUT2D eigenvalue weighted by Gasteiger charge is 2.11. The second-order valence-corrected chi connectivity index (χ2v) is 2.94. The molecule has 0 fully saturated rings. The molecule has 1 aromatic heterocycles. The fourth-order valence-corrected chi connectivity index (χ4v) is 1.42. The van der Waals surface area contributed by atoms with Crippen molar-refractivity contribution < 1.29 is 4.42 Å². The maximum Gasteiger partial charge on any atom is 0.110 e. The van der Waals surface area contributed by atoms with Gasteiger partial charge in [0.2, 0.25) is 0 Å². The van der Waals surface area contributed by atoms with Gasteiger partial charge in [0.1, 0.15) is 11.5 Å². The van der Waals surface area contributed by atoms with E-state index in [9.17, 15) is 0 Å². The maximum atomic E-state index is 5.42. The van der Waals surface area contributed by atoms with Gasteiger partial charge in [-0.3, -0.25) is 0 Å². The van der Waals surface area contributed by atoms with E-state index < -0.39 is 0 Å².